The van der Waals surface area contributed by atoms with Crippen LogP contribution in [-0.4, -0.2) is 37.0 Å². The quantitative estimate of drug-likeness (QED) is 0.665. The molecule has 0 saturated carbocycles. The number of rotatable bonds is 8. The summed E-state index contributed by atoms with van der Waals surface area (Å²) in [4.78, 5) is 24.5. The van der Waals surface area contributed by atoms with Crippen molar-refractivity contribution >= 4 is 24.2 Å². The molecule has 1 rings (SSSR count). The van der Waals surface area contributed by atoms with Crippen molar-refractivity contribution in [1.29, 1.82) is 0 Å². The van der Waals surface area contributed by atoms with E-state index in [1.54, 1.807) is 6.07 Å². The van der Waals surface area contributed by atoms with Crippen LogP contribution in [0.1, 0.15) is 38.1 Å². The minimum atomic E-state index is -0.712. The Hall–Kier alpha value is -1.66. The van der Waals surface area contributed by atoms with Crippen molar-refractivity contribution in [2.24, 2.45) is 5.92 Å². The third kappa shape index (κ3) is 6.84. The molecule has 1 aromatic carbocycles. The van der Waals surface area contributed by atoms with Crippen molar-refractivity contribution in [2.75, 3.05) is 13.1 Å². The van der Waals surface area contributed by atoms with E-state index in [2.05, 4.69) is 16.0 Å². The summed E-state index contributed by atoms with van der Waals surface area (Å²) in [6, 6.07) is 5.14. The second-order valence-corrected chi connectivity index (χ2v) is 5.88. The third-order valence-electron chi connectivity index (χ3n) is 3.49. The van der Waals surface area contributed by atoms with Gasteiger partial charge in [-0.3, -0.25) is 9.59 Å². The number of benzene rings is 1. The van der Waals surface area contributed by atoms with Crippen LogP contribution in [0.25, 0.3) is 0 Å². The van der Waals surface area contributed by atoms with Crippen LogP contribution in [0, 0.1) is 11.7 Å². The number of carbonyl (C=O) groups excluding carboxylic acids is 2. The summed E-state index contributed by atoms with van der Waals surface area (Å²) in [7, 11) is 0. The van der Waals surface area contributed by atoms with Gasteiger partial charge in [0.05, 0.1) is 5.56 Å². The highest BCUT2D eigenvalue weighted by atomic mass is 35.5. The summed E-state index contributed by atoms with van der Waals surface area (Å²) in [6.45, 7) is 8.90. The van der Waals surface area contributed by atoms with Gasteiger partial charge < -0.3 is 16.0 Å². The smallest absolute Gasteiger partial charge is 0.254 e. The number of halogens is 2. The largest absolute Gasteiger partial charge is 0.353 e. The number of nitrogens with one attached hydrogen (secondary N) is 3. The molecule has 0 aliphatic heterocycles. The molecule has 0 bridgehead atoms. The molecule has 5 nitrogen and oxygen atoms in total. The minimum Gasteiger partial charge on any atom is -0.353 e. The van der Waals surface area contributed by atoms with E-state index in [0.29, 0.717) is 6.54 Å². The van der Waals surface area contributed by atoms with Gasteiger partial charge in [0.1, 0.15) is 11.9 Å². The van der Waals surface area contributed by atoms with Gasteiger partial charge >= 0.3 is 0 Å². The highest BCUT2D eigenvalue weighted by Crippen LogP contribution is 2.09. The van der Waals surface area contributed by atoms with Crippen LogP contribution in [0.5, 0.6) is 0 Å². The lowest BCUT2D eigenvalue weighted by atomic mass is 10.0. The zero-order chi connectivity index (χ0) is 17.4. The average molecular weight is 360 g/mol. The van der Waals surface area contributed by atoms with Gasteiger partial charge in [0.25, 0.3) is 5.91 Å². The van der Waals surface area contributed by atoms with Crippen molar-refractivity contribution in [3.63, 3.8) is 0 Å². The van der Waals surface area contributed by atoms with E-state index in [-0.39, 0.29) is 35.8 Å². The molecule has 3 N–H and O–H groups in total. The van der Waals surface area contributed by atoms with Crippen molar-refractivity contribution < 1.29 is 14.0 Å². The topological polar surface area (TPSA) is 70.2 Å². The standard InChI is InChI=1S/C17H26FN3O2.ClH/c1-5-19-12(4)10-20-17(23)15(11(2)3)21-16(22)13-8-6-7-9-14(13)18;/h6-9,11-12,15,19H,5,10H2,1-4H3,(H,20,23)(H,21,22);1H/t12-,15?;/m1./s1. The summed E-state index contributed by atoms with van der Waals surface area (Å²) < 4.78 is 13.7. The Balaban J connectivity index is 0.00000529. The van der Waals surface area contributed by atoms with E-state index in [0.717, 1.165) is 6.54 Å². The summed E-state index contributed by atoms with van der Waals surface area (Å²) in [6.07, 6.45) is 0. The van der Waals surface area contributed by atoms with Crippen molar-refractivity contribution in [3.05, 3.63) is 35.6 Å². The fourth-order valence-corrected chi connectivity index (χ4v) is 2.18. The SMILES string of the molecule is CCN[C@H](C)CNC(=O)C(NC(=O)c1ccccc1F)C(C)C.Cl. The fourth-order valence-electron chi connectivity index (χ4n) is 2.18. The predicted octanol–water partition coefficient (Wildman–Crippen LogP) is 2.12. The van der Waals surface area contributed by atoms with Gasteiger partial charge in [-0.2, -0.15) is 0 Å². The first kappa shape index (κ1) is 22.3. The Bertz CT molecular complexity index is 540. The van der Waals surface area contributed by atoms with Crippen LogP contribution >= 0.6 is 12.4 Å². The number of likely N-dealkylation sites (N-methyl/N-ethyl adjacent to an activating group) is 1. The maximum Gasteiger partial charge on any atom is 0.254 e. The molecule has 0 fully saturated rings. The van der Waals surface area contributed by atoms with Crippen LogP contribution in [0.4, 0.5) is 4.39 Å². The van der Waals surface area contributed by atoms with E-state index >= 15 is 0 Å². The molecule has 2 amide bonds. The number of hydrogen-bond acceptors (Lipinski definition) is 3. The molecule has 0 heterocycles. The van der Waals surface area contributed by atoms with E-state index in [9.17, 15) is 14.0 Å². The van der Waals surface area contributed by atoms with Crippen LogP contribution in [0.3, 0.4) is 0 Å². The molecule has 7 heteroatoms. The Labute approximate surface area is 149 Å². The molecule has 0 aliphatic rings. The first-order chi connectivity index (χ1) is 10.9. The molecule has 0 radical (unpaired) electrons. The molecule has 0 aromatic heterocycles. The van der Waals surface area contributed by atoms with E-state index < -0.39 is 17.8 Å². The fraction of sp³-hybridized carbons (Fsp3) is 0.529. The first-order valence-corrected chi connectivity index (χ1v) is 7.93. The van der Waals surface area contributed by atoms with E-state index in [4.69, 9.17) is 0 Å². The summed E-state index contributed by atoms with van der Waals surface area (Å²) >= 11 is 0. The average Bonchev–Trinajstić information content (AvgIpc) is 2.50. The Morgan fingerprint density at radius 2 is 1.79 bits per heavy atom. The van der Waals surface area contributed by atoms with Gasteiger partial charge in [-0.05, 0) is 31.5 Å². The Kier molecular flexibility index (Phi) is 10.2. The molecule has 0 aliphatic carbocycles. The molecule has 1 aromatic rings. The summed E-state index contributed by atoms with van der Waals surface area (Å²) in [5.74, 6) is -1.57. The molecule has 0 spiro atoms. The number of carbonyl (C=O) groups is 2. The molecule has 2 atom stereocenters. The Morgan fingerprint density at radius 3 is 2.33 bits per heavy atom. The van der Waals surface area contributed by atoms with Gasteiger partial charge in [0.15, 0.2) is 0 Å². The number of hydrogen-bond donors (Lipinski definition) is 3. The van der Waals surface area contributed by atoms with Crippen molar-refractivity contribution in [1.82, 2.24) is 16.0 Å². The highest BCUT2D eigenvalue weighted by molar-refractivity contribution is 5.97. The molecular formula is C17H27ClFN3O2. The van der Waals surface area contributed by atoms with Gasteiger partial charge in [-0.15, -0.1) is 12.4 Å². The van der Waals surface area contributed by atoms with Crippen LogP contribution in [0.15, 0.2) is 24.3 Å². The minimum absolute atomic E-state index is 0. The molecule has 24 heavy (non-hydrogen) atoms. The Morgan fingerprint density at radius 1 is 1.17 bits per heavy atom. The second kappa shape index (κ2) is 11.0. The van der Waals surface area contributed by atoms with Crippen LogP contribution in [-0.2, 0) is 4.79 Å². The zero-order valence-corrected chi connectivity index (χ0v) is 15.4. The maximum atomic E-state index is 13.7. The first-order valence-electron chi connectivity index (χ1n) is 7.93. The summed E-state index contributed by atoms with van der Waals surface area (Å²) in [5.41, 5.74) is -0.0630. The highest BCUT2D eigenvalue weighted by Gasteiger charge is 2.25. The third-order valence-corrected chi connectivity index (χ3v) is 3.49. The zero-order valence-electron chi connectivity index (χ0n) is 14.6. The normalized spacial score (nSPS) is 12.9. The lowest BCUT2D eigenvalue weighted by molar-refractivity contribution is -0.124. The maximum absolute atomic E-state index is 13.7. The lowest BCUT2D eigenvalue weighted by Gasteiger charge is -2.23. The molecule has 136 valence electrons. The van der Waals surface area contributed by atoms with E-state index in [1.807, 2.05) is 27.7 Å². The monoisotopic (exact) mass is 359 g/mol. The second-order valence-electron chi connectivity index (χ2n) is 5.88. The predicted molar refractivity (Wildman–Crippen MR) is 95.9 cm³/mol. The van der Waals surface area contributed by atoms with Gasteiger partial charge in [0, 0.05) is 12.6 Å². The van der Waals surface area contributed by atoms with E-state index in [1.165, 1.54) is 18.2 Å². The van der Waals surface area contributed by atoms with Gasteiger partial charge in [-0.25, -0.2) is 4.39 Å². The summed E-state index contributed by atoms with van der Waals surface area (Å²) in [5, 5.41) is 8.62. The number of amides is 2. The van der Waals surface area contributed by atoms with Crippen molar-refractivity contribution in [2.45, 2.75) is 39.8 Å². The van der Waals surface area contributed by atoms with Crippen LogP contribution in [0.2, 0.25) is 0 Å². The van der Waals surface area contributed by atoms with Crippen molar-refractivity contribution in [3.8, 4) is 0 Å². The van der Waals surface area contributed by atoms with Gasteiger partial charge in [0.2, 0.25) is 5.91 Å². The molecule has 1 unspecified atom stereocenters. The van der Waals surface area contributed by atoms with Crippen LogP contribution < -0.4 is 16.0 Å². The van der Waals surface area contributed by atoms with Gasteiger partial charge in [-0.1, -0.05) is 32.9 Å². The molecular weight excluding hydrogens is 333 g/mol. The lowest BCUT2D eigenvalue weighted by Crippen LogP contribution is -2.52. The molecule has 0 saturated heterocycles.